The zero-order chi connectivity index (χ0) is 31.4. The lowest BCUT2D eigenvalue weighted by Crippen LogP contribution is -2.32. The molecule has 226 valence electrons. The number of rotatable bonds is 9. The summed E-state index contributed by atoms with van der Waals surface area (Å²) in [6, 6.07) is 19.3. The molecule has 9 nitrogen and oxygen atoms in total. The van der Waals surface area contributed by atoms with E-state index in [1.165, 1.54) is 34.6 Å². The van der Waals surface area contributed by atoms with Crippen molar-refractivity contribution in [1.29, 1.82) is 0 Å². The summed E-state index contributed by atoms with van der Waals surface area (Å²) in [5.74, 6) is -1.40. The Kier molecular flexibility index (Phi) is 9.61. The number of thioether (sulfide) groups is 1. The van der Waals surface area contributed by atoms with E-state index < -0.39 is 33.3 Å². The molecule has 12 heteroatoms. The second-order valence-electron chi connectivity index (χ2n) is 10.6. The van der Waals surface area contributed by atoms with Gasteiger partial charge in [0.2, 0.25) is 0 Å². The third kappa shape index (κ3) is 7.82. The van der Waals surface area contributed by atoms with Crippen LogP contribution in [0.4, 0.5) is 14.9 Å². The van der Waals surface area contributed by atoms with E-state index in [4.69, 9.17) is 4.74 Å². The number of hydrogen-bond acceptors (Lipinski definition) is 7. The van der Waals surface area contributed by atoms with E-state index in [0.29, 0.717) is 21.8 Å². The third-order valence-electron chi connectivity index (χ3n) is 6.25. The van der Waals surface area contributed by atoms with E-state index in [0.717, 1.165) is 5.56 Å². The Morgan fingerprint density at radius 3 is 2.44 bits per heavy atom. The van der Waals surface area contributed by atoms with Crippen LogP contribution >= 0.6 is 11.8 Å². The van der Waals surface area contributed by atoms with Crippen LogP contribution in [0, 0.1) is 5.82 Å². The van der Waals surface area contributed by atoms with E-state index in [2.05, 4.69) is 15.7 Å². The molecule has 3 aromatic carbocycles. The van der Waals surface area contributed by atoms with Gasteiger partial charge >= 0.3 is 6.09 Å². The van der Waals surface area contributed by atoms with Gasteiger partial charge in [0.1, 0.15) is 22.1 Å². The van der Waals surface area contributed by atoms with Crippen LogP contribution in [0.5, 0.6) is 0 Å². The first-order valence-electron chi connectivity index (χ1n) is 13.4. The number of hydrogen-bond donors (Lipinski definition) is 2. The summed E-state index contributed by atoms with van der Waals surface area (Å²) in [7, 11) is -3.54. The van der Waals surface area contributed by atoms with Gasteiger partial charge in [-0.25, -0.2) is 22.3 Å². The lowest BCUT2D eigenvalue weighted by atomic mass is 10.0. The van der Waals surface area contributed by atoms with Gasteiger partial charge in [0.05, 0.1) is 22.0 Å². The Balaban J connectivity index is 1.58. The minimum absolute atomic E-state index is 0.0710. The lowest BCUT2D eigenvalue weighted by molar-refractivity contribution is 0.0523. The van der Waals surface area contributed by atoms with Crippen LogP contribution in [0.2, 0.25) is 0 Å². The number of amides is 2. The third-order valence-corrected chi connectivity index (χ3v) is 8.65. The van der Waals surface area contributed by atoms with Gasteiger partial charge in [-0.1, -0.05) is 43.3 Å². The van der Waals surface area contributed by atoms with Crippen molar-refractivity contribution in [2.75, 3.05) is 17.3 Å². The average Bonchev–Trinajstić information content (AvgIpc) is 3.41. The highest BCUT2D eigenvalue weighted by Crippen LogP contribution is 2.31. The highest BCUT2D eigenvalue weighted by molar-refractivity contribution is 7.98. The Morgan fingerprint density at radius 2 is 1.77 bits per heavy atom. The zero-order valence-electron chi connectivity index (χ0n) is 24.5. The highest BCUT2D eigenvalue weighted by Gasteiger charge is 2.21. The monoisotopic (exact) mass is 624 g/mol. The molecule has 0 spiro atoms. The van der Waals surface area contributed by atoms with Gasteiger partial charge in [-0.3, -0.25) is 4.79 Å². The standard InChI is InChI=1S/C31H33FN4O5S2/c1-6-43(39,40)27-13-8-7-12-23(27)21-14-15-25(24(32)17-21)34-29(37)26-18-28(42-5)35-36(26)22-11-9-10-20(16-22)19-33-30(38)41-31(2,3)4/h7-18H,6,19H2,1-5H3,(H,33,38)(H,34,37). The summed E-state index contributed by atoms with van der Waals surface area (Å²) in [5.41, 5.74) is 1.54. The van der Waals surface area contributed by atoms with Crippen LogP contribution in [0.15, 0.2) is 82.7 Å². The van der Waals surface area contributed by atoms with Crippen molar-refractivity contribution >= 4 is 39.3 Å². The summed E-state index contributed by atoms with van der Waals surface area (Å²) in [6.07, 6.45) is 1.27. The number of benzene rings is 3. The number of sulfone groups is 1. The molecule has 0 atom stereocenters. The van der Waals surface area contributed by atoms with Gasteiger partial charge in [0.25, 0.3) is 5.91 Å². The van der Waals surface area contributed by atoms with Crippen LogP contribution in [-0.4, -0.2) is 47.8 Å². The van der Waals surface area contributed by atoms with E-state index in [1.807, 2.05) is 12.3 Å². The number of alkyl carbamates (subject to hydrolysis) is 1. The Morgan fingerprint density at radius 1 is 1.02 bits per heavy atom. The number of nitrogens with one attached hydrogen (secondary N) is 2. The molecular formula is C31H33FN4O5S2. The fourth-order valence-corrected chi connectivity index (χ4v) is 5.72. The van der Waals surface area contributed by atoms with Gasteiger partial charge in [-0.2, -0.15) is 5.10 Å². The molecule has 0 fully saturated rings. The number of aromatic nitrogens is 2. The Labute approximate surface area is 254 Å². The maximum Gasteiger partial charge on any atom is 0.407 e. The molecule has 2 amide bonds. The average molecular weight is 625 g/mol. The number of carbonyl (C=O) groups is 2. The van der Waals surface area contributed by atoms with E-state index in [9.17, 15) is 18.0 Å². The van der Waals surface area contributed by atoms with Gasteiger partial charge < -0.3 is 15.4 Å². The fourth-order valence-electron chi connectivity index (χ4n) is 4.21. The summed E-state index contributed by atoms with van der Waals surface area (Å²) in [4.78, 5) is 25.6. The van der Waals surface area contributed by atoms with Crippen molar-refractivity contribution in [2.45, 2.75) is 49.8 Å². The van der Waals surface area contributed by atoms with Crippen molar-refractivity contribution in [3.8, 4) is 16.8 Å². The number of ether oxygens (including phenoxy) is 1. The van der Waals surface area contributed by atoms with Gasteiger partial charge in [-0.05, 0) is 68.5 Å². The second-order valence-corrected chi connectivity index (χ2v) is 13.6. The van der Waals surface area contributed by atoms with Crippen LogP contribution in [0.3, 0.4) is 0 Å². The largest absolute Gasteiger partial charge is 0.444 e. The lowest BCUT2D eigenvalue weighted by Gasteiger charge is -2.19. The summed E-state index contributed by atoms with van der Waals surface area (Å²) in [6.45, 7) is 7.08. The van der Waals surface area contributed by atoms with Crippen molar-refractivity contribution in [2.24, 2.45) is 0 Å². The van der Waals surface area contributed by atoms with Crippen LogP contribution < -0.4 is 10.6 Å². The number of anilines is 1. The van der Waals surface area contributed by atoms with E-state index in [-0.39, 0.29) is 28.6 Å². The molecule has 0 bridgehead atoms. The fraction of sp³-hybridized carbons (Fsp3) is 0.258. The van der Waals surface area contributed by atoms with Gasteiger partial charge in [-0.15, -0.1) is 11.8 Å². The van der Waals surface area contributed by atoms with Crippen molar-refractivity contribution in [1.82, 2.24) is 15.1 Å². The van der Waals surface area contributed by atoms with Crippen molar-refractivity contribution < 1.29 is 27.1 Å². The number of nitrogens with zero attached hydrogens (tertiary/aromatic N) is 2. The maximum absolute atomic E-state index is 15.3. The minimum Gasteiger partial charge on any atom is -0.444 e. The van der Waals surface area contributed by atoms with Gasteiger partial charge in [0, 0.05) is 18.2 Å². The van der Waals surface area contributed by atoms with Crippen LogP contribution in [-0.2, 0) is 21.1 Å². The Bertz CT molecular complexity index is 1760. The van der Waals surface area contributed by atoms with Crippen molar-refractivity contribution in [3.05, 3.63) is 89.9 Å². The first-order valence-corrected chi connectivity index (χ1v) is 16.3. The summed E-state index contributed by atoms with van der Waals surface area (Å²) >= 11 is 1.34. The highest BCUT2D eigenvalue weighted by atomic mass is 32.2. The second kappa shape index (κ2) is 13.0. The van der Waals surface area contributed by atoms with Crippen molar-refractivity contribution in [3.63, 3.8) is 0 Å². The van der Waals surface area contributed by atoms with E-state index in [1.54, 1.807) is 76.2 Å². The predicted octanol–water partition coefficient (Wildman–Crippen LogP) is 6.47. The first kappa shape index (κ1) is 31.8. The summed E-state index contributed by atoms with van der Waals surface area (Å²) < 4.78 is 47.2. The molecule has 2 N–H and O–H groups in total. The summed E-state index contributed by atoms with van der Waals surface area (Å²) in [5, 5.41) is 10.4. The zero-order valence-corrected chi connectivity index (χ0v) is 26.1. The predicted molar refractivity (Wildman–Crippen MR) is 166 cm³/mol. The smallest absolute Gasteiger partial charge is 0.407 e. The molecule has 0 aliphatic heterocycles. The molecule has 0 saturated heterocycles. The molecule has 4 aromatic rings. The minimum atomic E-state index is -3.54. The Hall–Kier alpha value is -4.16. The van der Waals surface area contributed by atoms with E-state index >= 15 is 4.39 Å². The van der Waals surface area contributed by atoms with Gasteiger partial charge in [0.15, 0.2) is 9.84 Å². The molecular weight excluding hydrogens is 591 g/mol. The molecule has 1 heterocycles. The maximum atomic E-state index is 15.3. The molecule has 4 rings (SSSR count). The molecule has 1 aromatic heterocycles. The molecule has 0 unspecified atom stereocenters. The van der Waals surface area contributed by atoms with Crippen LogP contribution in [0.1, 0.15) is 43.7 Å². The normalized spacial score (nSPS) is 11.7. The number of halogens is 1. The van der Waals surface area contributed by atoms with Crippen LogP contribution in [0.25, 0.3) is 16.8 Å². The first-order chi connectivity index (χ1) is 20.3. The quantitative estimate of drug-likeness (QED) is 0.205. The molecule has 0 aliphatic carbocycles. The molecule has 43 heavy (non-hydrogen) atoms. The SMILES string of the molecule is CCS(=O)(=O)c1ccccc1-c1ccc(NC(=O)c2cc(SC)nn2-c2cccc(CNC(=O)OC(C)(C)C)c2)c(F)c1. The molecule has 0 saturated carbocycles. The molecule has 0 aliphatic rings. The molecule has 0 radical (unpaired) electrons. The number of carbonyl (C=O) groups excluding carboxylic acids is 2. The topological polar surface area (TPSA) is 119 Å².